The lowest BCUT2D eigenvalue weighted by atomic mass is 10.5. The van der Waals surface area contributed by atoms with Crippen LogP contribution >= 0.6 is 23.2 Å². The highest BCUT2D eigenvalue weighted by Gasteiger charge is 1.79. The summed E-state index contributed by atoms with van der Waals surface area (Å²) in [5, 5.41) is 0. The molecular formula is C5H5Cl2NO. The zero-order valence-corrected chi connectivity index (χ0v) is 5.99. The number of carbonyl (C=O) groups is 1. The third kappa shape index (κ3) is 7.53. The third-order valence-electron chi connectivity index (χ3n) is 0.483. The molecule has 0 radical (unpaired) electrons. The minimum atomic E-state index is -0.527. The van der Waals surface area contributed by atoms with Crippen LogP contribution in [0.15, 0.2) is 22.7 Å². The second kappa shape index (κ2) is 4.41. The summed E-state index contributed by atoms with van der Waals surface area (Å²) in [5.41, 5.74) is 4.74. The van der Waals surface area contributed by atoms with E-state index in [0.29, 0.717) is 0 Å². The summed E-state index contributed by atoms with van der Waals surface area (Å²) >= 11 is 10.4. The van der Waals surface area contributed by atoms with Gasteiger partial charge in [-0.1, -0.05) is 29.3 Å². The summed E-state index contributed by atoms with van der Waals surface area (Å²) in [6, 6.07) is 0. The standard InChI is InChI=1S/C5H5Cl2NO/c6-4(7)2-1-3-5(8)9/h1-3H,(H2,8,9). The van der Waals surface area contributed by atoms with Crippen LogP contribution in [0, 0.1) is 0 Å². The van der Waals surface area contributed by atoms with Crippen LogP contribution in [0.3, 0.4) is 0 Å². The van der Waals surface area contributed by atoms with Crippen LogP contribution < -0.4 is 5.73 Å². The van der Waals surface area contributed by atoms with E-state index in [-0.39, 0.29) is 4.49 Å². The highest BCUT2D eigenvalue weighted by atomic mass is 35.5. The molecule has 0 aliphatic heterocycles. The van der Waals surface area contributed by atoms with E-state index in [1.807, 2.05) is 0 Å². The first kappa shape index (κ1) is 8.53. The molecule has 0 saturated carbocycles. The molecule has 0 fully saturated rings. The Bertz CT molecular complexity index is 158. The SMILES string of the molecule is NC(=O)C=CC=C(Cl)Cl. The zero-order chi connectivity index (χ0) is 7.28. The first-order valence-electron chi connectivity index (χ1n) is 2.11. The molecule has 0 aromatic heterocycles. The summed E-state index contributed by atoms with van der Waals surface area (Å²) in [5.74, 6) is -0.527. The molecule has 0 aromatic carbocycles. The Kier molecular flexibility index (Phi) is 4.18. The van der Waals surface area contributed by atoms with Gasteiger partial charge in [0.1, 0.15) is 4.49 Å². The van der Waals surface area contributed by atoms with Crippen molar-refractivity contribution in [3.8, 4) is 0 Å². The summed E-state index contributed by atoms with van der Waals surface area (Å²) in [7, 11) is 0. The molecule has 0 aromatic rings. The first-order valence-corrected chi connectivity index (χ1v) is 2.87. The van der Waals surface area contributed by atoms with Crippen LogP contribution in [-0.4, -0.2) is 5.91 Å². The van der Waals surface area contributed by atoms with Crippen molar-refractivity contribution in [2.75, 3.05) is 0 Å². The molecule has 1 amide bonds. The van der Waals surface area contributed by atoms with Crippen molar-refractivity contribution in [1.29, 1.82) is 0 Å². The molecule has 0 unspecified atom stereocenters. The molecular weight excluding hydrogens is 161 g/mol. The van der Waals surface area contributed by atoms with Crippen molar-refractivity contribution in [3.05, 3.63) is 22.7 Å². The van der Waals surface area contributed by atoms with Gasteiger partial charge in [-0.3, -0.25) is 4.79 Å². The van der Waals surface area contributed by atoms with E-state index < -0.39 is 5.91 Å². The third-order valence-corrected chi connectivity index (χ3v) is 0.735. The molecule has 4 heteroatoms. The van der Waals surface area contributed by atoms with Crippen molar-refractivity contribution >= 4 is 29.1 Å². The lowest BCUT2D eigenvalue weighted by Crippen LogP contribution is -2.04. The van der Waals surface area contributed by atoms with Crippen LogP contribution in [0.1, 0.15) is 0 Å². The number of halogens is 2. The number of rotatable bonds is 2. The molecule has 0 heterocycles. The lowest BCUT2D eigenvalue weighted by Gasteiger charge is -1.76. The fraction of sp³-hybridized carbons (Fsp3) is 0. The molecule has 0 aliphatic carbocycles. The van der Waals surface area contributed by atoms with E-state index in [1.54, 1.807) is 0 Å². The number of allylic oxidation sites excluding steroid dienone is 2. The predicted octanol–water partition coefficient (Wildman–Crippen LogP) is 1.35. The molecule has 9 heavy (non-hydrogen) atoms. The molecule has 0 rings (SSSR count). The Labute approximate surface area is 62.9 Å². The van der Waals surface area contributed by atoms with Crippen LogP contribution in [0.5, 0.6) is 0 Å². The van der Waals surface area contributed by atoms with Gasteiger partial charge < -0.3 is 5.73 Å². The molecule has 0 bridgehead atoms. The van der Waals surface area contributed by atoms with Crippen molar-refractivity contribution in [2.24, 2.45) is 5.73 Å². The zero-order valence-electron chi connectivity index (χ0n) is 4.47. The second-order valence-electron chi connectivity index (χ2n) is 1.22. The smallest absolute Gasteiger partial charge is 0.241 e. The first-order chi connectivity index (χ1) is 4.13. The topological polar surface area (TPSA) is 43.1 Å². The monoisotopic (exact) mass is 165 g/mol. The van der Waals surface area contributed by atoms with E-state index >= 15 is 0 Å². The molecule has 0 spiro atoms. The summed E-state index contributed by atoms with van der Waals surface area (Å²) in [6.45, 7) is 0. The number of carbonyl (C=O) groups excluding carboxylic acids is 1. The quantitative estimate of drug-likeness (QED) is 0.488. The Morgan fingerprint density at radius 2 is 2.00 bits per heavy atom. The van der Waals surface area contributed by atoms with Gasteiger partial charge in [0.05, 0.1) is 0 Å². The van der Waals surface area contributed by atoms with E-state index in [2.05, 4.69) is 0 Å². The lowest BCUT2D eigenvalue weighted by molar-refractivity contribution is -0.113. The minimum absolute atomic E-state index is 0.0903. The fourth-order valence-electron chi connectivity index (χ4n) is 0.216. The molecule has 50 valence electrons. The van der Waals surface area contributed by atoms with Gasteiger partial charge in [-0.2, -0.15) is 0 Å². The van der Waals surface area contributed by atoms with Crippen LogP contribution in [0.2, 0.25) is 0 Å². The second-order valence-corrected chi connectivity index (χ2v) is 2.23. The molecule has 0 atom stereocenters. The Hall–Kier alpha value is -0.470. The molecule has 0 aliphatic rings. The molecule has 2 N–H and O–H groups in total. The highest BCUT2D eigenvalue weighted by Crippen LogP contribution is 2.04. The average Bonchev–Trinajstić information content (AvgIpc) is 1.63. The largest absolute Gasteiger partial charge is 0.366 e. The van der Waals surface area contributed by atoms with Crippen LogP contribution in [0.25, 0.3) is 0 Å². The Morgan fingerprint density at radius 3 is 2.33 bits per heavy atom. The predicted molar refractivity (Wildman–Crippen MR) is 38.1 cm³/mol. The summed E-state index contributed by atoms with van der Waals surface area (Å²) in [6.07, 6.45) is 3.89. The van der Waals surface area contributed by atoms with Gasteiger partial charge in [0.15, 0.2) is 0 Å². The van der Waals surface area contributed by atoms with E-state index in [1.165, 1.54) is 12.2 Å². The van der Waals surface area contributed by atoms with Gasteiger partial charge in [0, 0.05) is 6.08 Å². The van der Waals surface area contributed by atoms with Gasteiger partial charge in [-0.15, -0.1) is 0 Å². The Balaban J connectivity index is 3.74. The van der Waals surface area contributed by atoms with Crippen LogP contribution in [0.4, 0.5) is 0 Å². The van der Waals surface area contributed by atoms with Crippen molar-refractivity contribution in [3.63, 3.8) is 0 Å². The highest BCUT2D eigenvalue weighted by molar-refractivity contribution is 6.55. The fourth-order valence-corrected chi connectivity index (χ4v) is 0.361. The molecule has 0 saturated heterocycles. The van der Waals surface area contributed by atoms with E-state index in [0.717, 1.165) is 6.08 Å². The normalized spacial score (nSPS) is 9.56. The van der Waals surface area contributed by atoms with E-state index in [4.69, 9.17) is 28.9 Å². The van der Waals surface area contributed by atoms with Crippen molar-refractivity contribution < 1.29 is 4.79 Å². The molecule has 2 nitrogen and oxygen atoms in total. The maximum Gasteiger partial charge on any atom is 0.241 e. The minimum Gasteiger partial charge on any atom is -0.366 e. The van der Waals surface area contributed by atoms with Gasteiger partial charge in [0.25, 0.3) is 0 Å². The van der Waals surface area contributed by atoms with E-state index in [9.17, 15) is 4.79 Å². The van der Waals surface area contributed by atoms with Gasteiger partial charge >= 0.3 is 0 Å². The number of hydrogen-bond donors (Lipinski definition) is 1. The maximum absolute atomic E-state index is 10.0. The van der Waals surface area contributed by atoms with Crippen molar-refractivity contribution in [1.82, 2.24) is 0 Å². The summed E-state index contributed by atoms with van der Waals surface area (Å²) in [4.78, 5) is 10.0. The number of hydrogen-bond acceptors (Lipinski definition) is 1. The van der Waals surface area contributed by atoms with Crippen LogP contribution in [-0.2, 0) is 4.79 Å². The number of nitrogens with two attached hydrogens (primary N) is 1. The van der Waals surface area contributed by atoms with Gasteiger partial charge in [-0.05, 0) is 6.08 Å². The van der Waals surface area contributed by atoms with Gasteiger partial charge in [-0.25, -0.2) is 0 Å². The van der Waals surface area contributed by atoms with Gasteiger partial charge in [0.2, 0.25) is 5.91 Å². The summed E-state index contributed by atoms with van der Waals surface area (Å²) < 4.78 is 0.0903. The number of amides is 1. The average molecular weight is 166 g/mol. The Morgan fingerprint density at radius 1 is 1.44 bits per heavy atom. The van der Waals surface area contributed by atoms with Crippen molar-refractivity contribution in [2.45, 2.75) is 0 Å². The number of primary amides is 1. The maximum atomic E-state index is 10.0.